The van der Waals surface area contributed by atoms with E-state index >= 15 is 0 Å². The molecular formula is C12H11Cl2N3O2. The lowest BCUT2D eigenvalue weighted by Gasteiger charge is -2.04. The van der Waals surface area contributed by atoms with E-state index in [1.54, 1.807) is 12.1 Å². The van der Waals surface area contributed by atoms with Crippen molar-refractivity contribution in [3.8, 4) is 0 Å². The summed E-state index contributed by atoms with van der Waals surface area (Å²) in [6.45, 7) is 2.09. The molecule has 2 aromatic rings. The molecule has 1 aromatic heterocycles. The molecule has 7 heteroatoms. The Labute approximate surface area is 119 Å². The van der Waals surface area contributed by atoms with Gasteiger partial charge in [-0.05, 0) is 18.2 Å². The monoisotopic (exact) mass is 299 g/mol. The van der Waals surface area contributed by atoms with Gasteiger partial charge in [0.05, 0.1) is 17.1 Å². The fourth-order valence-electron chi connectivity index (χ4n) is 1.43. The number of nitrogens with one attached hydrogen (secondary N) is 1. The summed E-state index contributed by atoms with van der Waals surface area (Å²) in [5.74, 6) is 0.647. The van der Waals surface area contributed by atoms with Crippen LogP contribution in [0, 0.1) is 0 Å². The van der Waals surface area contributed by atoms with Gasteiger partial charge in [-0.1, -0.05) is 35.3 Å². The van der Waals surface area contributed by atoms with Crippen molar-refractivity contribution in [3.05, 3.63) is 45.5 Å². The summed E-state index contributed by atoms with van der Waals surface area (Å²) < 4.78 is 4.94. The lowest BCUT2D eigenvalue weighted by molar-refractivity contribution is 0.0950. The number of carbonyl (C=O) groups is 1. The van der Waals surface area contributed by atoms with Gasteiger partial charge in [-0.25, -0.2) is 0 Å². The van der Waals surface area contributed by atoms with E-state index in [0.717, 1.165) is 0 Å². The van der Waals surface area contributed by atoms with Crippen LogP contribution >= 0.6 is 23.2 Å². The predicted molar refractivity (Wildman–Crippen MR) is 71.3 cm³/mol. The van der Waals surface area contributed by atoms with Crippen molar-refractivity contribution in [2.75, 3.05) is 0 Å². The molecule has 19 heavy (non-hydrogen) atoms. The molecule has 0 saturated carbocycles. The maximum Gasteiger partial charge on any atom is 0.253 e. The van der Waals surface area contributed by atoms with Crippen molar-refractivity contribution >= 4 is 29.1 Å². The first kappa shape index (κ1) is 13.8. The Bertz CT molecular complexity index is 598. The summed E-state index contributed by atoms with van der Waals surface area (Å²) in [4.78, 5) is 16.0. The van der Waals surface area contributed by atoms with Crippen LogP contribution in [0.15, 0.2) is 22.7 Å². The second-order valence-corrected chi connectivity index (χ2v) is 4.61. The highest BCUT2D eigenvalue weighted by Crippen LogP contribution is 2.20. The molecule has 0 aliphatic rings. The highest BCUT2D eigenvalue weighted by Gasteiger charge is 2.12. The second-order valence-electron chi connectivity index (χ2n) is 3.76. The van der Waals surface area contributed by atoms with Crippen molar-refractivity contribution in [2.24, 2.45) is 0 Å². The minimum Gasteiger partial charge on any atom is -0.345 e. The van der Waals surface area contributed by atoms with Crippen LogP contribution in [0.25, 0.3) is 0 Å². The number of halogens is 2. The molecule has 0 aliphatic heterocycles. The lowest BCUT2D eigenvalue weighted by atomic mass is 10.2. The van der Waals surface area contributed by atoms with Gasteiger partial charge in [0.15, 0.2) is 5.82 Å². The number of aryl methyl sites for hydroxylation is 1. The summed E-state index contributed by atoms with van der Waals surface area (Å²) in [5, 5.41) is 7.17. The van der Waals surface area contributed by atoms with Gasteiger partial charge in [0.1, 0.15) is 0 Å². The zero-order valence-electron chi connectivity index (χ0n) is 10.1. The Morgan fingerprint density at radius 2 is 2.21 bits per heavy atom. The van der Waals surface area contributed by atoms with Crippen molar-refractivity contribution in [2.45, 2.75) is 19.9 Å². The van der Waals surface area contributed by atoms with Crippen LogP contribution in [0.3, 0.4) is 0 Å². The summed E-state index contributed by atoms with van der Waals surface area (Å²) in [6, 6.07) is 4.68. The molecule has 1 amide bonds. The van der Waals surface area contributed by atoms with E-state index in [2.05, 4.69) is 15.5 Å². The Kier molecular flexibility index (Phi) is 4.39. The van der Waals surface area contributed by atoms with Gasteiger partial charge < -0.3 is 9.84 Å². The molecular weight excluding hydrogens is 289 g/mol. The van der Waals surface area contributed by atoms with Crippen molar-refractivity contribution in [3.63, 3.8) is 0 Å². The Balaban J connectivity index is 2.01. The average molecular weight is 300 g/mol. The standard InChI is InChI=1S/C12H11Cl2N3O2/c1-2-11-16-10(17-19-11)6-15-12(18)8-4-3-7(13)5-9(8)14/h3-5H,2,6H2,1H3,(H,15,18). The lowest BCUT2D eigenvalue weighted by Crippen LogP contribution is -2.23. The van der Waals surface area contributed by atoms with Gasteiger partial charge in [-0.15, -0.1) is 0 Å². The Morgan fingerprint density at radius 1 is 1.42 bits per heavy atom. The quantitative estimate of drug-likeness (QED) is 0.942. The molecule has 0 unspecified atom stereocenters. The third-order valence-corrected chi connectivity index (χ3v) is 2.94. The van der Waals surface area contributed by atoms with E-state index in [1.165, 1.54) is 6.07 Å². The number of benzene rings is 1. The summed E-state index contributed by atoms with van der Waals surface area (Å²) in [6.07, 6.45) is 0.657. The molecule has 0 fully saturated rings. The molecule has 0 bridgehead atoms. The molecule has 0 saturated heterocycles. The van der Waals surface area contributed by atoms with E-state index in [4.69, 9.17) is 27.7 Å². The van der Waals surface area contributed by atoms with Gasteiger partial charge >= 0.3 is 0 Å². The molecule has 0 spiro atoms. The second kappa shape index (κ2) is 6.04. The van der Waals surface area contributed by atoms with E-state index < -0.39 is 0 Å². The fraction of sp³-hybridized carbons (Fsp3) is 0.250. The van der Waals surface area contributed by atoms with Crippen LogP contribution in [0.1, 0.15) is 29.0 Å². The van der Waals surface area contributed by atoms with E-state index in [-0.39, 0.29) is 12.5 Å². The summed E-state index contributed by atoms with van der Waals surface area (Å²) in [7, 11) is 0. The molecule has 1 aromatic carbocycles. The molecule has 5 nitrogen and oxygen atoms in total. The number of aromatic nitrogens is 2. The third-order valence-electron chi connectivity index (χ3n) is 2.40. The maximum absolute atomic E-state index is 11.9. The molecule has 1 heterocycles. The normalized spacial score (nSPS) is 10.5. The largest absolute Gasteiger partial charge is 0.345 e. The number of rotatable bonds is 4. The molecule has 0 atom stereocenters. The Morgan fingerprint density at radius 3 is 2.84 bits per heavy atom. The van der Waals surface area contributed by atoms with E-state index in [1.807, 2.05) is 6.92 Å². The topological polar surface area (TPSA) is 68.0 Å². The van der Waals surface area contributed by atoms with Gasteiger partial charge in [-0.3, -0.25) is 4.79 Å². The van der Waals surface area contributed by atoms with Gasteiger partial charge in [-0.2, -0.15) is 4.98 Å². The first-order valence-electron chi connectivity index (χ1n) is 5.65. The average Bonchev–Trinajstić information content (AvgIpc) is 2.84. The molecule has 1 N–H and O–H groups in total. The zero-order valence-corrected chi connectivity index (χ0v) is 11.6. The minimum atomic E-state index is -0.315. The smallest absolute Gasteiger partial charge is 0.253 e. The van der Waals surface area contributed by atoms with Gasteiger partial charge in [0, 0.05) is 11.4 Å². The first-order valence-corrected chi connectivity index (χ1v) is 6.40. The minimum absolute atomic E-state index is 0.182. The summed E-state index contributed by atoms with van der Waals surface area (Å²) >= 11 is 11.7. The highest BCUT2D eigenvalue weighted by atomic mass is 35.5. The molecule has 2 rings (SSSR count). The number of amides is 1. The van der Waals surface area contributed by atoms with E-state index in [9.17, 15) is 4.79 Å². The molecule has 0 radical (unpaired) electrons. The van der Waals surface area contributed by atoms with Crippen LogP contribution in [0.5, 0.6) is 0 Å². The number of carbonyl (C=O) groups excluding carboxylic acids is 1. The SMILES string of the molecule is CCc1nc(CNC(=O)c2ccc(Cl)cc2Cl)no1. The van der Waals surface area contributed by atoms with Crippen LogP contribution in [-0.2, 0) is 13.0 Å². The number of nitrogens with zero attached hydrogens (tertiary/aromatic N) is 2. The molecule has 0 aliphatic carbocycles. The van der Waals surface area contributed by atoms with Crippen molar-refractivity contribution in [1.82, 2.24) is 15.5 Å². The van der Waals surface area contributed by atoms with Crippen molar-refractivity contribution in [1.29, 1.82) is 0 Å². The molecule has 100 valence electrons. The first-order chi connectivity index (χ1) is 9.10. The van der Waals surface area contributed by atoms with Crippen LogP contribution < -0.4 is 5.32 Å². The van der Waals surface area contributed by atoms with Crippen LogP contribution in [0.2, 0.25) is 10.0 Å². The van der Waals surface area contributed by atoms with Gasteiger partial charge in [0.2, 0.25) is 5.89 Å². The van der Waals surface area contributed by atoms with E-state index in [0.29, 0.717) is 33.7 Å². The zero-order chi connectivity index (χ0) is 13.8. The maximum atomic E-state index is 11.9. The fourth-order valence-corrected chi connectivity index (χ4v) is 1.93. The third kappa shape index (κ3) is 3.45. The summed E-state index contributed by atoms with van der Waals surface area (Å²) in [5.41, 5.74) is 0.352. The Hall–Kier alpha value is -1.59. The highest BCUT2D eigenvalue weighted by molar-refractivity contribution is 6.36. The van der Waals surface area contributed by atoms with Crippen LogP contribution in [0.4, 0.5) is 0 Å². The predicted octanol–water partition coefficient (Wildman–Crippen LogP) is 2.87. The number of hydrogen-bond donors (Lipinski definition) is 1. The van der Waals surface area contributed by atoms with Gasteiger partial charge in [0.25, 0.3) is 5.91 Å². The number of hydrogen-bond acceptors (Lipinski definition) is 4. The van der Waals surface area contributed by atoms with Crippen LogP contribution in [-0.4, -0.2) is 16.0 Å². The van der Waals surface area contributed by atoms with Crippen molar-refractivity contribution < 1.29 is 9.32 Å².